The van der Waals surface area contributed by atoms with E-state index in [1.54, 1.807) is 6.07 Å². The molecule has 1 rings (SSSR count). The number of aromatic carboxylic acids is 1. The fourth-order valence-electron chi connectivity index (χ4n) is 1.31. The number of carboxylic acids is 1. The van der Waals surface area contributed by atoms with Crippen molar-refractivity contribution >= 4 is 17.6 Å². The predicted molar refractivity (Wildman–Crippen MR) is 64.5 cm³/mol. The molecule has 96 valence electrons. The lowest BCUT2D eigenvalue weighted by Crippen LogP contribution is -2.13. The largest absolute Gasteiger partial charge is 0.477 e. The molecule has 0 fully saturated rings. The summed E-state index contributed by atoms with van der Waals surface area (Å²) in [6.45, 7) is 4.46. The van der Waals surface area contributed by atoms with Gasteiger partial charge in [-0.15, -0.1) is 0 Å². The lowest BCUT2D eigenvalue weighted by molar-refractivity contribution is -0.114. The molecule has 0 spiro atoms. The molecule has 0 saturated heterocycles. The van der Waals surface area contributed by atoms with E-state index in [1.807, 2.05) is 0 Å². The molecule has 6 nitrogen and oxygen atoms in total. The zero-order chi connectivity index (χ0) is 13.5. The van der Waals surface area contributed by atoms with Crippen LogP contribution in [0.15, 0.2) is 31.0 Å². The molecule has 18 heavy (non-hydrogen) atoms. The van der Waals surface area contributed by atoms with Gasteiger partial charge in [0.15, 0.2) is 0 Å². The van der Waals surface area contributed by atoms with E-state index in [2.05, 4.69) is 11.9 Å². The van der Waals surface area contributed by atoms with Crippen LogP contribution in [0.25, 0.3) is 0 Å². The topological polar surface area (TPSA) is 84.9 Å². The number of carbonyl (C=O) groups excluding carboxylic acids is 1. The maximum absolute atomic E-state index is 11.2. The molecule has 0 aliphatic rings. The van der Waals surface area contributed by atoms with Crippen LogP contribution in [0.4, 0.5) is 5.69 Å². The van der Waals surface area contributed by atoms with Crippen molar-refractivity contribution in [3.63, 3.8) is 0 Å². The van der Waals surface area contributed by atoms with Crippen molar-refractivity contribution in [2.45, 2.75) is 6.92 Å². The van der Waals surface area contributed by atoms with Crippen molar-refractivity contribution in [1.29, 1.82) is 0 Å². The summed E-state index contributed by atoms with van der Waals surface area (Å²) < 4.78 is 9.89. The van der Waals surface area contributed by atoms with Crippen molar-refractivity contribution < 1.29 is 24.2 Å². The molecular weight excluding hydrogens is 238 g/mol. The van der Waals surface area contributed by atoms with Crippen LogP contribution in [0.3, 0.4) is 0 Å². The van der Waals surface area contributed by atoms with Gasteiger partial charge < -0.3 is 19.9 Å². The average Bonchev–Trinajstić information content (AvgIpc) is 2.28. The standard InChI is InChI=1S/C12H13NO5/c1-3-17-7-18-10-6-4-5-9(13-8(2)14)11(10)12(15)16/h3-6H,1,7H2,2H3,(H,13,14)(H,15,16). The van der Waals surface area contributed by atoms with Crippen molar-refractivity contribution in [2.75, 3.05) is 12.1 Å². The SMILES string of the molecule is C=COCOc1cccc(NC(C)=O)c1C(=O)O. The Morgan fingerprint density at radius 2 is 2.22 bits per heavy atom. The number of benzene rings is 1. The highest BCUT2D eigenvalue weighted by molar-refractivity contribution is 6.02. The predicted octanol–water partition coefficient (Wildman–Crippen LogP) is 1.84. The van der Waals surface area contributed by atoms with Crippen molar-refractivity contribution in [1.82, 2.24) is 0 Å². The van der Waals surface area contributed by atoms with E-state index in [0.717, 1.165) is 0 Å². The van der Waals surface area contributed by atoms with Gasteiger partial charge in [0.2, 0.25) is 12.7 Å². The first kappa shape index (κ1) is 13.6. The molecule has 1 aromatic rings. The minimum Gasteiger partial charge on any atom is -0.477 e. The number of carbonyl (C=O) groups is 2. The van der Waals surface area contributed by atoms with Crippen LogP contribution in [0.2, 0.25) is 0 Å². The second kappa shape index (κ2) is 6.29. The lowest BCUT2D eigenvalue weighted by atomic mass is 10.1. The number of hydrogen-bond acceptors (Lipinski definition) is 4. The van der Waals surface area contributed by atoms with Gasteiger partial charge in [-0.05, 0) is 12.1 Å². The third kappa shape index (κ3) is 3.51. The van der Waals surface area contributed by atoms with Gasteiger partial charge in [-0.1, -0.05) is 12.6 Å². The van der Waals surface area contributed by atoms with Gasteiger partial charge in [0.1, 0.15) is 11.3 Å². The summed E-state index contributed by atoms with van der Waals surface area (Å²) in [5, 5.41) is 11.5. The summed E-state index contributed by atoms with van der Waals surface area (Å²) in [4.78, 5) is 22.1. The number of hydrogen-bond donors (Lipinski definition) is 2. The van der Waals surface area contributed by atoms with Crippen LogP contribution in [-0.2, 0) is 9.53 Å². The second-order valence-corrected chi connectivity index (χ2v) is 3.26. The Bertz CT molecular complexity index is 470. The zero-order valence-corrected chi connectivity index (χ0v) is 9.80. The number of carboxylic acid groups (broad SMARTS) is 1. The summed E-state index contributed by atoms with van der Waals surface area (Å²) >= 11 is 0. The van der Waals surface area contributed by atoms with Crippen molar-refractivity contribution in [3.8, 4) is 5.75 Å². The fourth-order valence-corrected chi connectivity index (χ4v) is 1.31. The summed E-state index contributed by atoms with van der Waals surface area (Å²) in [6.07, 6.45) is 1.18. The highest BCUT2D eigenvalue weighted by Crippen LogP contribution is 2.26. The maximum Gasteiger partial charge on any atom is 0.341 e. The van der Waals surface area contributed by atoms with E-state index >= 15 is 0 Å². The molecule has 0 radical (unpaired) electrons. The normalized spacial score (nSPS) is 9.39. The molecule has 0 heterocycles. The van der Waals surface area contributed by atoms with Crippen LogP contribution >= 0.6 is 0 Å². The van der Waals surface area contributed by atoms with Crippen LogP contribution in [0.1, 0.15) is 17.3 Å². The Morgan fingerprint density at radius 3 is 2.78 bits per heavy atom. The van der Waals surface area contributed by atoms with Crippen molar-refractivity contribution in [3.05, 3.63) is 36.6 Å². The number of ether oxygens (including phenoxy) is 2. The third-order valence-electron chi connectivity index (χ3n) is 1.95. The molecule has 0 unspecified atom stereocenters. The van der Waals surface area contributed by atoms with Gasteiger partial charge in [0.25, 0.3) is 0 Å². The minimum atomic E-state index is -1.20. The van der Waals surface area contributed by atoms with Crippen LogP contribution in [0, 0.1) is 0 Å². The van der Waals surface area contributed by atoms with Gasteiger partial charge in [-0.25, -0.2) is 4.79 Å². The maximum atomic E-state index is 11.2. The Kier molecular flexibility index (Phi) is 4.74. The quantitative estimate of drug-likeness (QED) is 0.458. The molecular formula is C12H13NO5. The zero-order valence-electron chi connectivity index (χ0n) is 9.80. The van der Waals surface area contributed by atoms with Crippen molar-refractivity contribution in [2.24, 2.45) is 0 Å². The average molecular weight is 251 g/mol. The molecule has 6 heteroatoms. The van der Waals surface area contributed by atoms with E-state index in [1.165, 1.54) is 25.3 Å². The van der Waals surface area contributed by atoms with E-state index in [0.29, 0.717) is 0 Å². The van der Waals surface area contributed by atoms with E-state index in [4.69, 9.17) is 14.6 Å². The van der Waals surface area contributed by atoms with E-state index < -0.39 is 5.97 Å². The minimum absolute atomic E-state index is 0.107. The molecule has 0 bridgehead atoms. The Hall–Kier alpha value is -2.50. The molecule has 1 amide bonds. The van der Waals surface area contributed by atoms with Gasteiger partial charge >= 0.3 is 5.97 Å². The molecule has 2 N–H and O–H groups in total. The number of amides is 1. The van der Waals surface area contributed by atoms with Gasteiger partial charge in [0.05, 0.1) is 11.9 Å². The fraction of sp³-hybridized carbons (Fsp3) is 0.167. The molecule has 0 saturated carbocycles. The summed E-state index contributed by atoms with van der Waals surface area (Å²) in [7, 11) is 0. The Labute approximate surface area is 104 Å². The van der Waals surface area contributed by atoms with Crippen LogP contribution in [-0.4, -0.2) is 23.8 Å². The number of anilines is 1. The van der Waals surface area contributed by atoms with E-state index in [9.17, 15) is 9.59 Å². The molecule has 1 aromatic carbocycles. The smallest absolute Gasteiger partial charge is 0.341 e. The van der Waals surface area contributed by atoms with Crippen LogP contribution < -0.4 is 10.1 Å². The number of rotatable bonds is 6. The molecule has 0 aromatic heterocycles. The Balaban J connectivity index is 3.04. The third-order valence-corrected chi connectivity index (χ3v) is 1.95. The highest BCUT2D eigenvalue weighted by Gasteiger charge is 2.17. The molecule has 0 atom stereocenters. The highest BCUT2D eigenvalue weighted by atomic mass is 16.7. The van der Waals surface area contributed by atoms with Crippen LogP contribution in [0.5, 0.6) is 5.75 Å². The molecule has 0 aliphatic heterocycles. The monoisotopic (exact) mass is 251 g/mol. The molecule has 0 aliphatic carbocycles. The first-order valence-electron chi connectivity index (χ1n) is 5.05. The first-order chi connectivity index (χ1) is 8.56. The summed E-state index contributed by atoms with van der Waals surface area (Å²) in [6, 6.07) is 4.52. The number of nitrogens with one attached hydrogen (secondary N) is 1. The van der Waals surface area contributed by atoms with Gasteiger partial charge in [-0.3, -0.25) is 4.79 Å². The summed E-state index contributed by atoms with van der Waals surface area (Å²) in [5.74, 6) is -1.46. The Morgan fingerprint density at radius 1 is 1.50 bits per heavy atom. The first-order valence-corrected chi connectivity index (χ1v) is 5.05. The lowest BCUT2D eigenvalue weighted by Gasteiger charge is -2.12. The summed E-state index contributed by atoms with van der Waals surface area (Å²) in [5.41, 5.74) is 0.0477. The van der Waals surface area contributed by atoms with Gasteiger partial charge in [0, 0.05) is 6.92 Å². The second-order valence-electron chi connectivity index (χ2n) is 3.26. The van der Waals surface area contributed by atoms with E-state index in [-0.39, 0.29) is 29.7 Å². The van der Waals surface area contributed by atoms with Gasteiger partial charge in [-0.2, -0.15) is 0 Å².